The van der Waals surface area contributed by atoms with Crippen molar-refractivity contribution in [2.24, 2.45) is 5.41 Å². The monoisotopic (exact) mass is 303 g/mol. The van der Waals surface area contributed by atoms with Gasteiger partial charge < -0.3 is 4.90 Å². The van der Waals surface area contributed by atoms with Gasteiger partial charge in [-0.1, -0.05) is 13.8 Å². The number of rotatable bonds is 1. The highest BCUT2D eigenvalue weighted by molar-refractivity contribution is 9.10. The zero-order chi connectivity index (χ0) is 11.8. The van der Waals surface area contributed by atoms with Crippen LogP contribution in [-0.2, 0) is 0 Å². The first-order valence-electron chi connectivity index (χ1n) is 5.41. The molecular weight excluding hydrogens is 289 g/mol. The van der Waals surface area contributed by atoms with Crippen molar-refractivity contribution in [3.8, 4) is 0 Å². The van der Waals surface area contributed by atoms with Crippen LogP contribution in [0.2, 0.25) is 5.28 Å². The van der Waals surface area contributed by atoms with Crippen molar-refractivity contribution < 1.29 is 0 Å². The summed E-state index contributed by atoms with van der Waals surface area (Å²) in [5.74, 6) is 0.910. The number of piperidine rings is 1. The predicted octanol–water partition coefficient (Wildman–Crippen LogP) is 3.52. The SMILES string of the molecule is CC1(C)CCCN(c2nc(Cl)ncc2Br)C1. The molecule has 0 radical (unpaired) electrons. The van der Waals surface area contributed by atoms with Gasteiger partial charge in [0.25, 0.3) is 0 Å². The molecule has 1 aromatic heterocycles. The lowest BCUT2D eigenvalue weighted by Gasteiger charge is -2.39. The quantitative estimate of drug-likeness (QED) is 0.743. The Bertz CT molecular complexity index is 395. The lowest BCUT2D eigenvalue weighted by molar-refractivity contribution is 0.292. The Morgan fingerprint density at radius 1 is 1.50 bits per heavy atom. The minimum absolute atomic E-state index is 0.307. The Balaban J connectivity index is 2.26. The number of anilines is 1. The molecule has 0 saturated carbocycles. The highest BCUT2D eigenvalue weighted by Gasteiger charge is 2.28. The van der Waals surface area contributed by atoms with Gasteiger partial charge in [0, 0.05) is 19.3 Å². The topological polar surface area (TPSA) is 29.0 Å². The minimum atomic E-state index is 0.307. The van der Waals surface area contributed by atoms with Crippen LogP contribution in [0.5, 0.6) is 0 Å². The zero-order valence-corrected chi connectivity index (χ0v) is 11.8. The Kier molecular flexibility index (Phi) is 3.40. The van der Waals surface area contributed by atoms with E-state index in [1.807, 2.05) is 0 Å². The molecule has 1 aromatic rings. The minimum Gasteiger partial charge on any atom is -0.355 e. The van der Waals surface area contributed by atoms with E-state index in [9.17, 15) is 0 Å². The summed E-state index contributed by atoms with van der Waals surface area (Å²) in [6.45, 7) is 6.63. The Labute approximate surface area is 109 Å². The fourth-order valence-electron chi connectivity index (χ4n) is 2.16. The maximum absolute atomic E-state index is 5.84. The smallest absolute Gasteiger partial charge is 0.224 e. The van der Waals surface area contributed by atoms with Gasteiger partial charge in [0.15, 0.2) is 0 Å². The van der Waals surface area contributed by atoms with E-state index in [0.29, 0.717) is 10.7 Å². The molecule has 0 atom stereocenters. The molecule has 16 heavy (non-hydrogen) atoms. The van der Waals surface area contributed by atoms with E-state index in [-0.39, 0.29) is 0 Å². The molecular formula is C11H15BrClN3. The van der Waals surface area contributed by atoms with E-state index in [1.165, 1.54) is 12.8 Å². The molecule has 0 unspecified atom stereocenters. The van der Waals surface area contributed by atoms with Gasteiger partial charge in [-0.25, -0.2) is 4.98 Å². The van der Waals surface area contributed by atoms with E-state index in [4.69, 9.17) is 11.6 Å². The predicted molar refractivity (Wildman–Crippen MR) is 70.0 cm³/mol. The summed E-state index contributed by atoms with van der Waals surface area (Å²) in [7, 11) is 0. The second-order valence-corrected chi connectivity index (χ2v) is 6.19. The maximum atomic E-state index is 5.84. The standard InChI is InChI=1S/C11H15BrClN3/c1-11(2)4-3-5-16(7-11)9-8(12)6-14-10(13)15-9/h6H,3-5,7H2,1-2H3. The largest absolute Gasteiger partial charge is 0.355 e. The van der Waals surface area contributed by atoms with Gasteiger partial charge in [0.05, 0.1) is 4.47 Å². The molecule has 0 aliphatic carbocycles. The van der Waals surface area contributed by atoms with E-state index in [2.05, 4.69) is 44.6 Å². The van der Waals surface area contributed by atoms with Crippen molar-refractivity contribution in [2.75, 3.05) is 18.0 Å². The third-order valence-electron chi connectivity index (χ3n) is 2.90. The summed E-state index contributed by atoms with van der Waals surface area (Å²) in [6, 6.07) is 0. The van der Waals surface area contributed by atoms with Crippen LogP contribution in [0.25, 0.3) is 0 Å². The summed E-state index contributed by atoms with van der Waals surface area (Å²) < 4.78 is 0.912. The van der Waals surface area contributed by atoms with Gasteiger partial charge in [-0.15, -0.1) is 0 Å². The van der Waals surface area contributed by atoms with E-state index < -0.39 is 0 Å². The fourth-order valence-corrected chi connectivity index (χ4v) is 2.73. The van der Waals surface area contributed by atoms with Gasteiger partial charge in [-0.2, -0.15) is 4.98 Å². The first kappa shape index (κ1) is 12.1. The molecule has 1 aliphatic heterocycles. The maximum Gasteiger partial charge on any atom is 0.224 e. The van der Waals surface area contributed by atoms with Crippen LogP contribution in [0.3, 0.4) is 0 Å². The molecule has 1 fully saturated rings. The molecule has 5 heteroatoms. The van der Waals surface area contributed by atoms with Crippen molar-refractivity contribution in [1.29, 1.82) is 0 Å². The Hall–Kier alpha value is -0.350. The molecule has 2 rings (SSSR count). The Morgan fingerprint density at radius 2 is 2.25 bits per heavy atom. The van der Waals surface area contributed by atoms with Gasteiger partial charge in [-0.3, -0.25) is 0 Å². The van der Waals surface area contributed by atoms with Crippen LogP contribution in [-0.4, -0.2) is 23.1 Å². The second kappa shape index (κ2) is 4.49. The number of aromatic nitrogens is 2. The molecule has 0 bridgehead atoms. The molecule has 1 saturated heterocycles. The van der Waals surface area contributed by atoms with Crippen LogP contribution >= 0.6 is 27.5 Å². The first-order chi connectivity index (χ1) is 7.48. The van der Waals surface area contributed by atoms with E-state index >= 15 is 0 Å². The van der Waals surface area contributed by atoms with E-state index in [1.54, 1.807) is 6.20 Å². The third kappa shape index (κ3) is 2.66. The fraction of sp³-hybridized carbons (Fsp3) is 0.636. The molecule has 0 aromatic carbocycles. The lowest BCUT2D eigenvalue weighted by Crippen LogP contribution is -2.40. The summed E-state index contributed by atoms with van der Waals surface area (Å²) >= 11 is 9.32. The summed E-state index contributed by atoms with van der Waals surface area (Å²) in [4.78, 5) is 10.5. The van der Waals surface area contributed by atoms with E-state index in [0.717, 1.165) is 23.4 Å². The van der Waals surface area contributed by atoms with Crippen LogP contribution in [0.1, 0.15) is 26.7 Å². The van der Waals surface area contributed by atoms with Crippen LogP contribution in [0.15, 0.2) is 10.7 Å². The lowest BCUT2D eigenvalue weighted by atomic mass is 9.84. The molecule has 1 aliphatic rings. The van der Waals surface area contributed by atoms with Crippen molar-refractivity contribution in [3.05, 3.63) is 16.0 Å². The van der Waals surface area contributed by atoms with Gasteiger partial charge >= 0.3 is 0 Å². The highest BCUT2D eigenvalue weighted by Crippen LogP contribution is 2.33. The average molecular weight is 305 g/mol. The van der Waals surface area contributed by atoms with Crippen molar-refractivity contribution in [1.82, 2.24) is 9.97 Å². The van der Waals surface area contributed by atoms with Crippen molar-refractivity contribution in [3.63, 3.8) is 0 Å². The number of halogens is 2. The number of hydrogen-bond acceptors (Lipinski definition) is 3. The molecule has 0 spiro atoms. The number of nitrogens with zero attached hydrogens (tertiary/aromatic N) is 3. The van der Waals surface area contributed by atoms with Crippen molar-refractivity contribution in [2.45, 2.75) is 26.7 Å². The Morgan fingerprint density at radius 3 is 2.94 bits per heavy atom. The molecule has 88 valence electrons. The second-order valence-electron chi connectivity index (χ2n) is 5.00. The van der Waals surface area contributed by atoms with Gasteiger partial charge in [-0.05, 0) is 45.8 Å². The normalized spacial score (nSPS) is 19.9. The van der Waals surface area contributed by atoms with Gasteiger partial charge in [0.1, 0.15) is 5.82 Å². The average Bonchev–Trinajstić information content (AvgIpc) is 2.20. The number of hydrogen-bond donors (Lipinski definition) is 0. The van der Waals surface area contributed by atoms with Gasteiger partial charge in [0.2, 0.25) is 5.28 Å². The highest BCUT2D eigenvalue weighted by atomic mass is 79.9. The molecule has 3 nitrogen and oxygen atoms in total. The van der Waals surface area contributed by atoms with Crippen molar-refractivity contribution >= 4 is 33.3 Å². The summed E-state index contributed by atoms with van der Waals surface area (Å²) in [5, 5.41) is 0.307. The summed E-state index contributed by atoms with van der Waals surface area (Å²) in [6.07, 6.45) is 4.17. The molecule has 0 N–H and O–H groups in total. The molecule has 0 amide bonds. The molecule has 2 heterocycles. The van der Waals surface area contributed by atoms with Crippen LogP contribution in [0.4, 0.5) is 5.82 Å². The summed E-state index contributed by atoms with van der Waals surface area (Å²) in [5.41, 5.74) is 0.342. The third-order valence-corrected chi connectivity index (χ3v) is 3.64. The van der Waals surface area contributed by atoms with Crippen LogP contribution < -0.4 is 4.90 Å². The first-order valence-corrected chi connectivity index (χ1v) is 6.58. The zero-order valence-electron chi connectivity index (χ0n) is 9.50. The van der Waals surface area contributed by atoms with Crippen LogP contribution in [0, 0.1) is 5.41 Å².